The van der Waals surface area contributed by atoms with E-state index >= 15 is 0 Å². The maximum Gasteiger partial charge on any atom is 0.328 e. The quantitative estimate of drug-likeness (QED) is 0.741. The zero-order valence-electron chi connectivity index (χ0n) is 10.3. The van der Waals surface area contributed by atoms with E-state index in [0.29, 0.717) is 19.4 Å². The fourth-order valence-electron chi connectivity index (χ4n) is 1.61. The molecule has 1 aromatic heterocycles. The molecule has 0 aliphatic carbocycles. The fraction of sp³-hybridized carbons (Fsp3) is 0.667. The smallest absolute Gasteiger partial charge is 0.300 e. The minimum atomic E-state index is 0.0129. The van der Waals surface area contributed by atoms with Gasteiger partial charge in [-0.05, 0) is 20.3 Å². The van der Waals surface area contributed by atoms with Crippen LogP contribution in [0.2, 0.25) is 0 Å². The molecule has 0 spiro atoms. The Labute approximate surface area is 95.9 Å². The molecular formula is C12H20N2O2. The maximum atomic E-state index is 11.8. The van der Waals surface area contributed by atoms with Gasteiger partial charge >= 0.3 is 5.69 Å². The average Bonchev–Trinajstić information content (AvgIpc) is 2.60. The van der Waals surface area contributed by atoms with E-state index in [4.69, 9.17) is 0 Å². The van der Waals surface area contributed by atoms with Crippen LogP contribution in [0.5, 0.6) is 0 Å². The van der Waals surface area contributed by atoms with Gasteiger partial charge in [0.25, 0.3) is 0 Å². The zero-order chi connectivity index (χ0) is 12.1. The molecule has 0 N–H and O–H groups in total. The van der Waals surface area contributed by atoms with Crippen LogP contribution >= 0.6 is 0 Å². The molecule has 0 fully saturated rings. The highest BCUT2D eigenvalue weighted by Crippen LogP contribution is 2.01. The summed E-state index contributed by atoms with van der Waals surface area (Å²) in [7, 11) is 0. The molecule has 1 heterocycles. The summed E-state index contributed by atoms with van der Waals surface area (Å²) in [4.78, 5) is 22.9. The number of carbonyl (C=O) groups is 1. The third-order valence-corrected chi connectivity index (χ3v) is 2.68. The van der Waals surface area contributed by atoms with Gasteiger partial charge in [0.1, 0.15) is 5.78 Å². The molecule has 0 aromatic carbocycles. The largest absolute Gasteiger partial charge is 0.328 e. The number of rotatable bonds is 6. The van der Waals surface area contributed by atoms with Crippen molar-refractivity contribution in [3.8, 4) is 0 Å². The summed E-state index contributed by atoms with van der Waals surface area (Å²) < 4.78 is 3.37. The lowest BCUT2D eigenvalue weighted by Gasteiger charge is -2.04. The van der Waals surface area contributed by atoms with E-state index in [-0.39, 0.29) is 17.5 Å². The van der Waals surface area contributed by atoms with E-state index in [1.54, 1.807) is 21.5 Å². The summed E-state index contributed by atoms with van der Waals surface area (Å²) >= 11 is 0. The van der Waals surface area contributed by atoms with Gasteiger partial charge in [0, 0.05) is 37.8 Å². The summed E-state index contributed by atoms with van der Waals surface area (Å²) in [5.41, 5.74) is 0.0129. The van der Waals surface area contributed by atoms with E-state index in [2.05, 4.69) is 0 Å². The molecule has 0 saturated heterocycles. The van der Waals surface area contributed by atoms with E-state index in [9.17, 15) is 9.59 Å². The van der Waals surface area contributed by atoms with Gasteiger partial charge in [0.05, 0.1) is 0 Å². The second kappa shape index (κ2) is 5.68. The number of ketones is 1. The SMILES string of the molecule is CCC(=O)CCCn1ccn(C(C)C)c1=O. The van der Waals surface area contributed by atoms with Crippen molar-refractivity contribution in [3.63, 3.8) is 0 Å². The molecule has 0 unspecified atom stereocenters. The lowest BCUT2D eigenvalue weighted by Crippen LogP contribution is -2.25. The summed E-state index contributed by atoms with van der Waals surface area (Å²) in [5.74, 6) is 0.261. The summed E-state index contributed by atoms with van der Waals surface area (Å²) in [6.07, 6.45) is 5.49. The monoisotopic (exact) mass is 224 g/mol. The molecule has 16 heavy (non-hydrogen) atoms. The lowest BCUT2D eigenvalue weighted by atomic mass is 10.2. The topological polar surface area (TPSA) is 44.0 Å². The Kier molecular flexibility index (Phi) is 4.52. The van der Waals surface area contributed by atoms with Crippen molar-refractivity contribution in [2.24, 2.45) is 0 Å². The van der Waals surface area contributed by atoms with Crippen LogP contribution in [0, 0.1) is 0 Å². The van der Waals surface area contributed by atoms with Gasteiger partial charge in [-0.2, -0.15) is 0 Å². The minimum absolute atomic E-state index is 0.0129. The van der Waals surface area contributed by atoms with Crippen LogP contribution in [-0.4, -0.2) is 14.9 Å². The highest BCUT2D eigenvalue weighted by Gasteiger charge is 2.06. The molecule has 0 bridgehead atoms. The average molecular weight is 224 g/mol. The van der Waals surface area contributed by atoms with Gasteiger partial charge in [-0.1, -0.05) is 6.92 Å². The normalized spacial score (nSPS) is 11.0. The minimum Gasteiger partial charge on any atom is -0.300 e. The summed E-state index contributed by atoms with van der Waals surface area (Å²) in [6.45, 7) is 6.45. The van der Waals surface area contributed by atoms with Crippen LogP contribution in [-0.2, 0) is 11.3 Å². The van der Waals surface area contributed by atoms with Crippen molar-refractivity contribution in [1.29, 1.82) is 0 Å². The molecular weight excluding hydrogens is 204 g/mol. The Balaban J connectivity index is 2.55. The van der Waals surface area contributed by atoms with Crippen LogP contribution in [0.1, 0.15) is 46.1 Å². The predicted octanol–water partition coefficient (Wildman–Crippen LogP) is 1.99. The second-order valence-corrected chi connectivity index (χ2v) is 4.27. The Morgan fingerprint density at radius 1 is 1.38 bits per heavy atom. The molecule has 0 aliphatic heterocycles. The van der Waals surface area contributed by atoms with Gasteiger partial charge < -0.3 is 0 Å². The van der Waals surface area contributed by atoms with Crippen LogP contribution < -0.4 is 5.69 Å². The van der Waals surface area contributed by atoms with Crippen molar-refractivity contribution in [2.45, 2.75) is 52.6 Å². The predicted molar refractivity (Wildman–Crippen MR) is 63.6 cm³/mol. The van der Waals surface area contributed by atoms with Gasteiger partial charge in [-0.3, -0.25) is 13.9 Å². The summed E-state index contributed by atoms with van der Waals surface area (Å²) in [5, 5.41) is 0. The van der Waals surface area contributed by atoms with Crippen molar-refractivity contribution in [1.82, 2.24) is 9.13 Å². The Hall–Kier alpha value is -1.32. The molecule has 0 amide bonds. The zero-order valence-corrected chi connectivity index (χ0v) is 10.3. The van der Waals surface area contributed by atoms with Gasteiger partial charge in [0.15, 0.2) is 0 Å². The Bertz CT molecular complexity index is 401. The van der Waals surface area contributed by atoms with E-state index in [1.807, 2.05) is 20.8 Å². The summed E-state index contributed by atoms with van der Waals surface area (Å²) in [6, 6.07) is 0.186. The van der Waals surface area contributed by atoms with E-state index < -0.39 is 0 Å². The molecule has 90 valence electrons. The third kappa shape index (κ3) is 3.08. The number of imidazole rings is 1. The van der Waals surface area contributed by atoms with Crippen molar-refractivity contribution >= 4 is 5.78 Å². The number of aromatic nitrogens is 2. The molecule has 1 rings (SSSR count). The number of carbonyl (C=O) groups excluding carboxylic acids is 1. The van der Waals surface area contributed by atoms with Gasteiger partial charge in [0.2, 0.25) is 0 Å². The molecule has 0 atom stereocenters. The maximum absolute atomic E-state index is 11.8. The first-order valence-corrected chi connectivity index (χ1v) is 5.85. The highest BCUT2D eigenvalue weighted by molar-refractivity contribution is 5.77. The Morgan fingerprint density at radius 2 is 2.06 bits per heavy atom. The first kappa shape index (κ1) is 12.7. The number of hydrogen-bond acceptors (Lipinski definition) is 2. The first-order chi connectivity index (χ1) is 7.56. The van der Waals surface area contributed by atoms with Crippen LogP contribution in [0.25, 0.3) is 0 Å². The van der Waals surface area contributed by atoms with Crippen LogP contribution in [0.15, 0.2) is 17.2 Å². The fourth-order valence-corrected chi connectivity index (χ4v) is 1.61. The molecule has 1 aromatic rings. The molecule has 0 saturated carbocycles. The number of nitrogens with zero attached hydrogens (tertiary/aromatic N) is 2. The molecule has 0 radical (unpaired) electrons. The first-order valence-electron chi connectivity index (χ1n) is 5.85. The number of Topliss-reactive ketones (excluding diaryl/α,β-unsaturated/α-hetero) is 1. The number of aryl methyl sites for hydroxylation is 1. The van der Waals surface area contributed by atoms with Gasteiger partial charge in [-0.15, -0.1) is 0 Å². The number of hydrogen-bond donors (Lipinski definition) is 0. The van der Waals surface area contributed by atoms with Gasteiger partial charge in [-0.25, -0.2) is 4.79 Å². The highest BCUT2D eigenvalue weighted by atomic mass is 16.1. The van der Waals surface area contributed by atoms with Crippen LogP contribution in [0.4, 0.5) is 0 Å². The van der Waals surface area contributed by atoms with Crippen molar-refractivity contribution in [3.05, 3.63) is 22.9 Å². The van der Waals surface area contributed by atoms with E-state index in [1.165, 1.54) is 0 Å². The van der Waals surface area contributed by atoms with Crippen molar-refractivity contribution in [2.75, 3.05) is 0 Å². The van der Waals surface area contributed by atoms with E-state index in [0.717, 1.165) is 6.42 Å². The standard InChI is InChI=1S/C12H20N2O2/c1-4-11(15)6-5-7-13-8-9-14(10(2)3)12(13)16/h8-10H,4-7H2,1-3H3. The molecule has 4 heteroatoms. The molecule has 0 aliphatic rings. The van der Waals surface area contributed by atoms with Crippen LogP contribution in [0.3, 0.4) is 0 Å². The molecule has 4 nitrogen and oxygen atoms in total. The van der Waals surface area contributed by atoms with Crippen molar-refractivity contribution < 1.29 is 4.79 Å². The lowest BCUT2D eigenvalue weighted by molar-refractivity contribution is -0.118. The Morgan fingerprint density at radius 3 is 2.56 bits per heavy atom. The third-order valence-electron chi connectivity index (χ3n) is 2.68. The second-order valence-electron chi connectivity index (χ2n) is 4.27.